The summed E-state index contributed by atoms with van der Waals surface area (Å²) < 4.78 is 0. The summed E-state index contributed by atoms with van der Waals surface area (Å²) in [5.74, 6) is 1.60. The number of amides is 1. The first-order chi connectivity index (χ1) is 16.0. The van der Waals surface area contributed by atoms with Gasteiger partial charge in [-0.05, 0) is 65.9 Å². The number of hydrogen-bond acceptors (Lipinski definition) is 3. The summed E-state index contributed by atoms with van der Waals surface area (Å²) in [6.07, 6.45) is 3.05. The molecular formula is C28H24N4O. The minimum absolute atomic E-state index is 0.00521. The number of aromatic amines is 1. The van der Waals surface area contributed by atoms with Crippen LogP contribution in [0.4, 0.5) is 5.82 Å². The van der Waals surface area contributed by atoms with Crippen molar-refractivity contribution < 1.29 is 4.79 Å². The molecule has 5 aromatic rings. The second kappa shape index (κ2) is 7.27. The van der Waals surface area contributed by atoms with Crippen molar-refractivity contribution in [1.29, 1.82) is 0 Å². The van der Waals surface area contributed by atoms with Gasteiger partial charge in [0.25, 0.3) is 0 Å². The van der Waals surface area contributed by atoms with Crippen LogP contribution < -0.4 is 5.32 Å². The number of imidazole rings is 1. The summed E-state index contributed by atoms with van der Waals surface area (Å²) in [5, 5.41) is 5.43. The van der Waals surface area contributed by atoms with E-state index in [-0.39, 0.29) is 5.91 Å². The van der Waals surface area contributed by atoms with Crippen LogP contribution in [-0.4, -0.2) is 20.9 Å². The van der Waals surface area contributed by atoms with Crippen molar-refractivity contribution in [2.75, 3.05) is 5.32 Å². The Bertz CT molecular complexity index is 1550. The molecule has 0 saturated heterocycles. The van der Waals surface area contributed by atoms with E-state index in [0.29, 0.717) is 12.2 Å². The third-order valence-electron chi connectivity index (χ3n) is 6.91. The van der Waals surface area contributed by atoms with Crippen molar-refractivity contribution in [2.45, 2.75) is 32.1 Å². The van der Waals surface area contributed by atoms with Crippen molar-refractivity contribution in [3.05, 3.63) is 101 Å². The van der Waals surface area contributed by atoms with E-state index in [9.17, 15) is 4.79 Å². The molecule has 3 aromatic carbocycles. The average molecular weight is 433 g/mol. The average Bonchev–Trinajstić information content (AvgIpc) is 3.31. The van der Waals surface area contributed by atoms with Crippen LogP contribution in [0, 0.1) is 6.92 Å². The highest BCUT2D eigenvalue weighted by molar-refractivity contribution is 6.05. The molecule has 1 aliphatic heterocycles. The lowest BCUT2D eigenvalue weighted by atomic mass is 9.78. The predicted octanol–water partition coefficient (Wildman–Crippen LogP) is 5.46. The molecule has 1 aliphatic rings. The van der Waals surface area contributed by atoms with Gasteiger partial charge in [0.2, 0.25) is 5.91 Å². The lowest BCUT2D eigenvalue weighted by Crippen LogP contribution is -2.33. The van der Waals surface area contributed by atoms with Gasteiger partial charge in [-0.1, -0.05) is 48.5 Å². The van der Waals surface area contributed by atoms with Gasteiger partial charge in [-0.15, -0.1) is 0 Å². The van der Waals surface area contributed by atoms with Gasteiger partial charge in [0.15, 0.2) is 0 Å². The number of nitrogens with one attached hydrogen (secondary N) is 2. The van der Waals surface area contributed by atoms with E-state index in [1.54, 1.807) is 6.20 Å². The topological polar surface area (TPSA) is 70.7 Å². The lowest BCUT2D eigenvalue weighted by molar-refractivity contribution is -0.120. The number of H-pyrrole nitrogens is 1. The zero-order valence-corrected chi connectivity index (χ0v) is 18.6. The van der Waals surface area contributed by atoms with Crippen LogP contribution in [0.1, 0.15) is 35.0 Å². The van der Waals surface area contributed by atoms with Crippen LogP contribution >= 0.6 is 0 Å². The van der Waals surface area contributed by atoms with Crippen molar-refractivity contribution in [3.63, 3.8) is 0 Å². The highest BCUT2D eigenvalue weighted by atomic mass is 16.2. The van der Waals surface area contributed by atoms with E-state index in [1.165, 1.54) is 16.3 Å². The number of carbonyl (C=O) groups excluding carboxylic acids is 1. The molecule has 3 heterocycles. The van der Waals surface area contributed by atoms with Crippen LogP contribution in [-0.2, 0) is 23.1 Å². The number of hydrogen-bond donors (Lipinski definition) is 2. The molecule has 0 spiro atoms. The molecule has 1 amide bonds. The molecule has 2 N–H and O–H groups in total. The Labute approximate surface area is 191 Å². The molecule has 1 unspecified atom stereocenters. The molecule has 5 heteroatoms. The molecule has 33 heavy (non-hydrogen) atoms. The molecule has 0 saturated carbocycles. The first kappa shape index (κ1) is 19.7. The molecule has 162 valence electrons. The second-order valence-corrected chi connectivity index (χ2v) is 9.16. The Kier molecular flexibility index (Phi) is 4.34. The first-order valence-corrected chi connectivity index (χ1v) is 11.2. The van der Waals surface area contributed by atoms with E-state index in [1.807, 2.05) is 19.1 Å². The number of aromatic nitrogens is 3. The van der Waals surface area contributed by atoms with Gasteiger partial charge in [-0.2, -0.15) is 0 Å². The van der Waals surface area contributed by atoms with Gasteiger partial charge in [0, 0.05) is 18.2 Å². The van der Waals surface area contributed by atoms with Crippen molar-refractivity contribution in [2.24, 2.45) is 0 Å². The molecule has 0 fully saturated rings. The molecule has 2 aromatic heterocycles. The van der Waals surface area contributed by atoms with E-state index in [2.05, 4.69) is 76.8 Å². The summed E-state index contributed by atoms with van der Waals surface area (Å²) in [4.78, 5) is 25.6. The third-order valence-corrected chi connectivity index (χ3v) is 6.91. The molecule has 1 atom stereocenters. The van der Waals surface area contributed by atoms with Crippen molar-refractivity contribution in [3.8, 4) is 0 Å². The van der Waals surface area contributed by atoms with E-state index >= 15 is 0 Å². The number of nitrogens with zero attached hydrogens (tertiary/aromatic N) is 2. The zero-order chi connectivity index (χ0) is 22.6. The summed E-state index contributed by atoms with van der Waals surface area (Å²) in [6.45, 7) is 4.09. The third kappa shape index (κ3) is 3.20. The maximum atomic E-state index is 12.9. The number of carbonyl (C=O) groups is 1. The second-order valence-electron chi connectivity index (χ2n) is 9.16. The number of anilines is 1. The largest absolute Gasteiger partial charge is 0.342 e. The summed E-state index contributed by atoms with van der Waals surface area (Å²) in [6, 6.07) is 23.0. The quantitative estimate of drug-likeness (QED) is 0.396. The van der Waals surface area contributed by atoms with Gasteiger partial charge in [-0.25, -0.2) is 9.97 Å². The van der Waals surface area contributed by atoms with Crippen LogP contribution in [0.25, 0.3) is 21.8 Å². The summed E-state index contributed by atoms with van der Waals surface area (Å²) in [5.41, 5.74) is 5.78. The zero-order valence-electron chi connectivity index (χ0n) is 18.6. The fourth-order valence-electron chi connectivity index (χ4n) is 5.04. The van der Waals surface area contributed by atoms with Crippen LogP contribution in [0.15, 0.2) is 72.9 Å². The van der Waals surface area contributed by atoms with E-state index in [0.717, 1.165) is 40.0 Å². The molecule has 6 rings (SSSR count). The van der Waals surface area contributed by atoms with Crippen molar-refractivity contribution in [1.82, 2.24) is 15.0 Å². The smallest absolute Gasteiger partial charge is 0.236 e. The maximum Gasteiger partial charge on any atom is 0.236 e. The van der Waals surface area contributed by atoms with Crippen LogP contribution in [0.3, 0.4) is 0 Å². The van der Waals surface area contributed by atoms with Crippen LogP contribution in [0.5, 0.6) is 0 Å². The Balaban J connectivity index is 1.35. The number of pyridine rings is 1. The molecule has 0 bridgehead atoms. The Hall–Kier alpha value is -3.99. The predicted molar refractivity (Wildman–Crippen MR) is 132 cm³/mol. The van der Waals surface area contributed by atoms with E-state index in [4.69, 9.17) is 4.98 Å². The first-order valence-electron chi connectivity index (χ1n) is 11.2. The number of fused-ring (bicyclic) bond motifs is 3. The molecule has 0 radical (unpaired) electrons. The standard InChI is InChI=1S/C28H24N4O/c1-17-13-23-24(14-20(17)16-28(2)22-11-6-12-29-26(22)32-27(28)33)31-25(30-23)15-19-9-5-8-18-7-3-4-10-21(18)19/h3-14H,15-16H2,1-2H3,(H,30,31)(H,29,32,33). The maximum absolute atomic E-state index is 12.9. The minimum atomic E-state index is -0.649. The summed E-state index contributed by atoms with van der Waals surface area (Å²) in [7, 11) is 0. The highest BCUT2D eigenvalue weighted by Gasteiger charge is 2.43. The molecular weight excluding hydrogens is 408 g/mol. The van der Waals surface area contributed by atoms with Gasteiger partial charge in [0.1, 0.15) is 11.6 Å². The van der Waals surface area contributed by atoms with Gasteiger partial charge < -0.3 is 10.3 Å². The fourth-order valence-corrected chi connectivity index (χ4v) is 5.04. The Morgan fingerprint density at radius 2 is 1.82 bits per heavy atom. The normalized spacial score (nSPS) is 17.5. The highest BCUT2D eigenvalue weighted by Crippen LogP contribution is 2.39. The number of benzene rings is 3. The number of aryl methyl sites for hydroxylation is 1. The SMILES string of the molecule is Cc1cc2[nH]c(Cc3cccc4ccccc34)nc2cc1CC1(C)C(=O)Nc2ncccc21. The van der Waals surface area contributed by atoms with Crippen LogP contribution in [0.2, 0.25) is 0 Å². The van der Waals surface area contributed by atoms with Gasteiger partial charge >= 0.3 is 0 Å². The minimum Gasteiger partial charge on any atom is -0.342 e. The van der Waals surface area contributed by atoms with Crippen molar-refractivity contribution >= 4 is 33.5 Å². The monoisotopic (exact) mass is 432 g/mol. The van der Waals surface area contributed by atoms with Gasteiger partial charge in [0.05, 0.1) is 16.4 Å². The number of rotatable bonds is 4. The fraction of sp³-hybridized carbons (Fsp3) is 0.179. The lowest BCUT2D eigenvalue weighted by Gasteiger charge is -2.23. The van der Waals surface area contributed by atoms with E-state index < -0.39 is 5.41 Å². The summed E-state index contributed by atoms with van der Waals surface area (Å²) >= 11 is 0. The Morgan fingerprint density at radius 1 is 0.970 bits per heavy atom. The Morgan fingerprint density at radius 3 is 2.73 bits per heavy atom. The molecule has 0 aliphatic carbocycles. The molecule has 5 nitrogen and oxygen atoms in total. The van der Waals surface area contributed by atoms with Gasteiger partial charge in [-0.3, -0.25) is 4.79 Å².